The molecule has 0 aliphatic rings. The van der Waals surface area contributed by atoms with Crippen molar-refractivity contribution in [3.63, 3.8) is 0 Å². The summed E-state index contributed by atoms with van der Waals surface area (Å²) < 4.78 is 2.50. The second kappa shape index (κ2) is 4.12. The van der Waals surface area contributed by atoms with Gasteiger partial charge in [0.15, 0.2) is 0 Å². The molecule has 15 heavy (non-hydrogen) atoms. The van der Waals surface area contributed by atoms with Crippen molar-refractivity contribution < 1.29 is 5.11 Å². The van der Waals surface area contributed by atoms with Crippen LogP contribution < -0.4 is 0 Å². The summed E-state index contributed by atoms with van der Waals surface area (Å²) in [7, 11) is 1.81. The van der Waals surface area contributed by atoms with Crippen molar-refractivity contribution in [3.8, 4) is 0 Å². The molecule has 0 saturated heterocycles. The van der Waals surface area contributed by atoms with E-state index in [-0.39, 0.29) is 0 Å². The van der Waals surface area contributed by atoms with Crippen LogP contribution in [0.4, 0.5) is 0 Å². The van der Waals surface area contributed by atoms with E-state index in [0.717, 1.165) is 10.0 Å². The van der Waals surface area contributed by atoms with Crippen LogP contribution in [0.1, 0.15) is 17.4 Å². The highest BCUT2D eigenvalue weighted by Gasteiger charge is 2.13. The van der Waals surface area contributed by atoms with Gasteiger partial charge >= 0.3 is 0 Å². The van der Waals surface area contributed by atoms with Gasteiger partial charge in [0.1, 0.15) is 6.10 Å². The van der Waals surface area contributed by atoms with Crippen LogP contribution in [0, 0.1) is 0 Å². The van der Waals surface area contributed by atoms with Crippen LogP contribution in [-0.2, 0) is 7.05 Å². The lowest BCUT2D eigenvalue weighted by Gasteiger charge is -2.07. The van der Waals surface area contributed by atoms with Gasteiger partial charge in [-0.05, 0) is 28.1 Å². The molecule has 0 aliphatic heterocycles. The lowest BCUT2D eigenvalue weighted by Crippen LogP contribution is -2.02. The quantitative estimate of drug-likeness (QED) is 0.901. The van der Waals surface area contributed by atoms with Crippen molar-refractivity contribution in [2.24, 2.45) is 7.05 Å². The monoisotopic (exact) mass is 267 g/mol. The maximum Gasteiger partial charge on any atom is 0.124 e. The Balaban J connectivity index is 2.32. The summed E-state index contributed by atoms with van der Waals surface area (Å²) >= 11 is 3.31. The van der Waals surface area contributed by atoms with Gasteiger partial charge in [0.25, 0.3) is 0 Å². The Morgan fingerprint density at radius 3 is 2.87 bits per heavy atom. The van der Waals surface area contributed by atoms with Crippen LogP contribution in [-0.4, -0.2) is 19.9 Å². The number of hydrogen-bond acceptors (Lipinski definition) is 3. The minimum absolute atomic E-state index is 0.623. The van der Waals surface area contributed by atoms with Crippen molar-refractivity contribution >= 4 is 15.9 Å². The molecule has 2 aromatic rings. The molecule has 0 amide bonds. The molecule has 0 aliphatic carbocycles. The first-order chi connectivity index (χ1) is 7.16. The molecule has 2 rings (SSSR count). The predicted octanol–water partition coefficient (Wildman–Crippen LogP) is 1.66. The van der Waals surface area contributed by atoms with Gasteiger partial charge in [-0.2, -0.15) is 5.10 Å². The number of aromatic nitrogens is 3. The Kier molecular flexibility index (Phi) is 2.83. The molecule has 0 spiro atoms. The first-order valence-corrected chi connectivity index (χ1v) is 5.24. The fourth-order valence-electron chi connectivity index (χ4n) is 1.33. The van der Waals surface area contributed by atoms with Gasteiger partial charge in [-0.25, -0.2) is 0 Å². The average Bonchev–Trinajstić information content (AvgIpc) is 2.64. The normalized spacial score (nSPS) is 12.7. The Morgan fingerprint density at radius 2 is 2.27 bits per heavy atom. The van der Waals surface area contributed by atoms with Crippen LogP contribution in [0.3, 0.4) is 0 Å². The number of aliphatic hydroxyl groups excluding tert-OH is 1. The van der Waals surface area contributed by atoms with Crippen LogP contribution in [0.2, 0.25) is 0 Å². The van der Waals surface area contributed by atoms with Crippen molar-refractivity contribution in [2.45, 2.75) is 6.10 Å². The molecule has 0 bridgehead atoms. The lowest BCUT2D eigenvalue weighted by molar-refractivity contribution is 0.214. The smallest absolute Gasteiger partial charge is 0.124 e. The van der Waals surface area contributed by atoms with E-state index in [9.17, 15) is 5.11 Å². The van der Waals surface area contributed by atoms with Gasteiger partial charge in [-0.15, -0.1) is 0 Å². The zero-order valence-corrected chi connectivity index (χ0v) is 9.72. The van der Waals surface area contributed by atoms with Crippen molar-refractivity contribution in [1.82, 2.24) is 14.8 Å². The number of aryl methyl sites for hydroxylation is 1. The Morgan fingerprint density at radius 1 is 1.47 bits per heavy atom. The van der Waals surface area contributed by atoms with E-state index in [0.29, 0.717) is 5.69 Å². The maximum atomic E-state index is 9.99. The minimum atomic E-state index is -0.726. The van der Waals surface area contributed by atoms with Gasteiger partial charge < -0.3 is 5.11 Å². The molecule has 0 fully saturated rings. The van der Waals surface area contributed by atoms with Gasteiger partial charge in [0, 0.05) is 35.7 Å². The van der Waals surface area contributed by atoms with E-state index in [2.05, 4.69) is 26.0 Å². The third kappa shape index (κ3) is 2.24. The highest BCUT2D eigenvalue weighted by molar-refractivity contribution is 9.10. The molecule has 0 saturated carbocycles. The van der Waals surface area contributed by atoms with E-state index in [1.807, 2.05) is 13.1 Å². The van der Waals surface area contributed by atoms with Gasteiger partial charge in [-0.3, -0.25) is 9.67 Å². The highest BCUT2D eigenvalue weighted by Crippen LogP contribution is 2.21. The number of nitrogens with zero attached hydrogens (tertiary/aromatic N) is 3. The molecular weight excluding hydrogens is 258 g/mol. The zero-order chi connectivity index (χ0) is 10.8. The van der Waals surface area contributed by atoms with E-state index in [4.69, 9.17) is 0 Å². The fourth-order valence-corrected chi connectivity index (χ4v) is 1.71. The molecule has 0 radical (unpaired) electrons. The van der Waals surface area contributed by atoms with E-state index in [1.165, 1.54) is 0 Å². The third-order valence-corrected chi connectivity index (χ3v) is 2.49. The number of hydrogen-bond donors (Lipinski definition) is 1. The fraction of sp³-hybridized carbons (Fsp3) is 0.200. The van der Waals surface area contributed by atoms with Gasteiger partial charge in [0.2, 0.25) is 0 Å². The average molecular weight is 268 g/mol. The SMILES string of the molecule is Cn1ccc(C(O)c2cncc(Br)c2)n1. The molecule has 0 aromatic carbocycles. The molecule has 78 valence electrons. The van der Waals surface area contributed by atoms with Crippen molar-refractivity contribution in [3.05, 3.63) is 46.5 Å². The highest BCUT2D eigenvalue weighted by atomic mass is 79.9. The summed E-state index contributed by atoms with van der Waals surface area (Å²) in [5, 5.41) is 14.1. The number of pyridine rings is 1. The second-order valence-electron chi connectivity index (χ2n) is 3.25. The largest absolute Gasteiger partial charge is 0.382 e. The molecule has 1 unspecified atom stereocenters. The van der Waals surface area contributed by atoms with Crippen LogP contribution >= 0.6 is 15.9 Å². The number of rotatable bonds is 2. The molecule has 1 atom stereocenters. The maximum absolute atomic E-state index is 9.99. The van der Waals surface area contributed by atoms with E-state index < -0.39 is 6.10 Å². The molecule has 4 nitrogen and oxygen atoms in total. The summed E-state index contributed by atoms with van der Waals surface area (Å²) in [6.45, 7) is 0. The van der Waals surface area contributed by atoms with E-state index in [1.54, 1.807) is 29.3 Å². The Labute approximate surface area is 95.7 Å². The second-order valence-corrected chi connectivity index (χ2v) is 4.17. The summed E-state index contributed by atoms with van der Waals surface area (Å²) in [6, 6.07) is 3.61. The molecule has 5 heteroatoms. The van der Waals surface area contributed by atoms with E-state index >= 15 is 0 Å². The zero-order valence-electron chi connectivity index (χ0n) is 8.13. The minimum Gasteiger partial charge on any atom is -0.382 e. The summed E-state index contributed by atoms with van der Waals surface area (Å²) in [4.78, 5) is 4.00. The van der Waals surface area contributed by atoms with Crippen LogP contribution in [0.15, 0.2) is 35.2 Å². The molecule has 2 aromatic heterocycles. The summed E-state index contributed by atoms with van der Waals surface area (Å²) in [6.07, 6.45) is 4.37. The Bertz CT molecular complexity index is 469. The summed E-state index contributed by atoms with van der Waals surface area (Å²) in [5.74, 6) is 0. The first kappa shape index (κ1) is 10.3. The van der Waals surface area contributed by atoms with Crippen molar-refractivity contribution in [1.29, 1.82) is 0 Å². The molecular formula is C10H10BrN3O. The van der Waals surface area contributed by atoms with Gasteiger partial charge in [0.05, 0.1) is 5.69 Å². The summed E-state index contributed by atoms with van der Waals surface area (Å²) in [5.41, 5.74) is 1.35. The van der Waals surface area contributed by atoms with Crippen LogP contribution in [0.5, 0.6) is 0 Å². The standard InChI is InChI=1S/C10H10BrN3O/c1-14-3-2-9(13-14)10(15)7-4-8(11)6-12-5-7/h2-6,10,15H,1H3. The Hall–Kier alpha value is -1.20. The number of halogens is 1. The first-order valence-electron chi connectivity index (χ1n) is 4.45. The molecule has 2 heterocycles. The topological polar surface area (TPSA) is 50.9 Å². The van der Waals surface area contributed by atoms with Gasteiger partial charge in [-0.1, -0.05) is 0 Å². The number of aliphatic hydroxyl groups is 1. The molecule has 1 N–H and O–H groups in total. The predicted molar refractivity (Wildman–Crippen MR) is 59.2 cm³/mol. The van der Waals surface area contributed by atoms with Crippen LogP contribution in [0.25, 0.3) is 0 Å². The third-order valence-electron chi connectivity index (χ3n) is 2.06. The lowest BCUT2D eigenvalue weighted by atomic mass is 10.1. The van der Waals surface area contributed by atoms with Crippen molar-refractivity contribution in [2.75, 3.05) is 0 Å².